The van der Waals surface area contributed by atoms with E-state index in [1.807, 2.05) is 0 Å². The second-order valence-corrected chi connectivity index (χ2v) is 6.89. The topological polar surface area (TPSA) is 32.8 Å². The Bertz CT molecular complexity index is 326. The average Bonchev–Trinajstić information content (AvgIpc) is 2.84. The Morgan fingerprint density at radius 3 is 2.05 bits per heavy atom. The predicted molar refractivity (Wildman–Crippen MR) is 83.2 cm³/mol. The molecule has 120 valence electrons. The van der Waals surface area contributed by atoms with Crippen LogP contribution < -0.4 is 0 Å². The van der Waals surface area contributed by atoms with E-state index in [1.54, 1.807) is 0 Å². The van der Waals surface area contributed by atoms with Crippen LogP contribution in [0.25, 0.3) is 0 Å². The molecule has 1 saturated carbocycles. The third-order valence-corrected chi connectivity index (χ3v) is 5.54. The second kappa shape index (κ2) is 7.59. The van der Waals surface area contributed by atoms with Gasteiger partial charge in [0.05, 0.1) is 0 Å². The summed E-state index contributed by atoms with van der Waals surface area (Å²) in [6.45, 7) is 5.57. The molecule has 3 rings (SSSR count). The molecule has 0 spiro atoms. The monoisotopic (exact) mass is 294 g/mol. The quantitative estimate of drug-likeness (QED) is 0.733. The zero-order chi connectivity index (χ0) is 14.5. The molecule has 1 aliphatic carbocycles. The van der Waals surface area contributed by atoms with Crippen molar-refractivity contribution in [3.63, 3.8) is 0 Å². The van der Waals surface area contributed by atoms with Gasteiger partial charge < -0.3 is 9.64 Å². The summed E-state index contributed by atoms with van der Waals surface area (Å²) in [6.07, 6.45) is 10.2. The third kappa shape index (κ3) is 3.98. The molecular weight excluding hydrogens is 264 g/mol. The number of amides is 1. The van der Waals surface area contributed by atoms with E-state index in [0.29, 0.717) is 5.91 Å². The molecule has 0 aromatic heterocycles. The normalized spacial score (nSPS) is 27.5. The number of ether oxygens (including phenoxy) is 1. The zero-order valence-electron chi connectivity index (χ0n) is 13.3. The van der Waals surface area contributed by atoms with E-state index in [1.165, 1.54) is 38.5 Å². The molecule has 2 heterocycles. The first-order valence-electron chi connectivity index (χ1n) is 8.95. The first-order valence-corrected chi connectivity index (χ1v) is 8.95. The van der Waals surface area contributed by atoms with Crippen molar-refractivity contribution in [2.75, 3.05) is 39.4 Å². The Kier molecular flexibility index (Phi) is 5.53. The Morgan fingerprint density at radius 2 is 1.43 bits per heavy atom. The van der Waals surface area contributed by atoms with Crippen LogP contribution in [0.3, 0.4) is 0 Å². The molecule has 4 heteroatoms. The number of rotatable bonds is 2. The molecule has 2 saturated heterocycles. The minimum absolute atomic E-state index is 0.225. The molecule has 0 radical (unpaired) electrons. The lowest BCUT2D eigenvalue weighted by molar-refractivity contribution is -0.140. The molecule has 0 atom stereocenters. The van der Waals surface area contributed by atoms with Crippen LogP contribution in [0, 0.1) is 5.92 Å². The fraction of sp³-hybridized carbons (Fsp3) is 0.941. The van der Waals surface area contributed by atoms with Crippen molar-refractivity contribution in [2.45, 2.75) is 57.4 Å². The van der Waals surface area contributed by atoms with Crippen LogP contribution in [0.1, 0.15) is 51.4 Å². The van der Waals surface area contributed by atoms with Gasteiger partial charge in [-0.05, 0) is 25.7 Å². The van der Waals surface area contributed by atoms with Crippen LogP contribution in [0.15, 0.2) is 0 Å². The highest BCUT2D eigenvalue weighted by Crippen LogP contribution is 2.24. The summed E-state index contributed by atoms with van der Waals surface area (Å²) in [4.78, 5) is 17.3. The Balaban J connectivity index is 1.46. The first kappa shape index (κ1) is 15.3. The molecule has 21 heavy (non-hydrogen) atoms. The molecule has 0 unspecified atom stereocenters. The highest BCUT2D eigenvalue weighted by molar-refractivity contribution is 5.79. The lowest BCUT2D eigenvalue weighted by atomic mass is 9.98. The molecule has 4 nitrogen and oxygen atoms in total. The van der Waals surface area contributed by atoms with Crippen LogP contribution in [0.4, 0.5) is 0 Å². The summed E-state index contributed by atoms with van der Waals surface area (Å²) in [5, 5.41) is 0. The third-order valence-electron chi connectivity index (χ3n) is 5.54. The minimum Gasteiger partial charge on any atom is -0.381 e. The number of hydrogen-bond acceptors (Lipinski definition) is 3. The zero-order valence-corrected chi connectivity index (χ0v) is 13.3. The van der Waals surface area contributed by atoms with E-state index in [2.05, 4.69) is 9.80 Å². The van der Waals surface area contributed by atoms with Crippen molar-refractivity contribution in [2.24, 2.45) is 5.92 Å². The van der Waals surface area contributed by atoms with Crippen LogP contribution in [0.2, 0.25) is 0 Å². The maximum atomic E-state index is 12.5. The molecular formula is C17H30N2O2. The maximum Gasteiger partial charge on any atom is 0.225 e. The first-order chi connectivity index (χ1) is 10.3. The van der Waals surface area contributed by atoms with Gasteiger partial charge in [-0.2, -0.15) is 0 Å². The van der Waals surface area contributed by atoms with Gasteiger partial charge in [-0.15, -0.1) is 0 Å². The average molecular weight is 294 g/mol. The van der Waals surface area contributed by atoms with E-state index >= 15 is 0 Å². The molecule has 3 aliphatic rings. The van der Waals surface area contributed by atoms with Gasteiger partial charge in [0.1, 0.15) is 0 Å². The summed E-state index contributed by atoms with van der Waals surface area (Å²) in [7, 11) is 0. The van der Waals surface area contributed by atoms with Crippen molar-refractivity contribution in [1.82, 2.24) is 9.80 Å². The van der Waals surface area contributed by atoms with E-state index in [4.69, 9.17) is 4.74 Å². The van der Waals surface area contributed by atoms with Gasteiger partial charge in [0.15, 0.2) is 0 Å². The van der Waals surface area contributed by atoms with Crippen LogP contribution in [-0.4, -0.2) is 61.1 Å². The fourth-order valence-corrected chi connectivity index (χ4v) is 4.13. The number of carbonyl (C=O) groups excluding carboxylic acids is 1. The van der Waals surface area contributed by atoms with E-state index in [-0.39, 0.29) is 5.92 Å². The smallest absolute Gasteiger partial charge is 0.225 e. The van der Waals surface area contributed by atoms with E-state index < -0.39 is 0 Å². The molecule has 0 bridgehead atoms. The number of carbonyl (C=O) groups is 1. The Hall–Kier alpha value is -0.610. The Labute approximate surface area is 128 Å². The van der Waals surface area contributed by atoms with Crippen molar-refractivity contribution < 1.29 is 9.53 Å². The van der Waals surface area contributed by atoms with E-state index in [9.17, 15) is 4.79 Å². The second-order valence-electron chi connectivity index (χ2n) is 6.89. The lowest BCUT2D eigenvalue weighted by Gasteiger charge is -2.40. The van der Waals surface area contributed by atoms with Crippen LogP contribution in [-0.2, 0) is 9.53 Å². The van der Waals surface area contributed by atoms with E-state index in [0.717, 1.165) is 58.3 Å². The van der Waals surface area contributed by atoms with Crippen molar-refractivity contribution in [3.05, 3.63) is 0 Å². The highest BCUT2D eigenvalue weighted by atomic mass is 16.5. The van der Waals surface area contributed by atoms with Gasteiger partial charge in [-0.25, -0.2) is 0 Å². The van der Waals surface area contributed by atoms with Gasteiger partial charge in [-0.3, -0.25) is 9.69 Å². The fourth-order valence-electron chi connectivity index (χ4n) is 4.13. The van der Waals surface area contributed by atoms with Gasteiger partial charge in [0.2, 0.25) is 5.91 Å². The highest BCUT2D eigenvalue weighted by Gasteiger charge is 2.30. The largest absolute Gasteiger partial charge is 0.381 e. The lowest BCUT2D eigenvalue weighted by Crippen LogP contribution is -2.53. The summed E-state index contributed by atoms with van der Waals surface area (Å²) >= 11 is 0. The molecule has 2 aliphatic heterocycles. The number of nitrogens with zero attached hydrogens (tertiary/aromatic N) is 2. The number of piperazine rings is 1. The minimum atomic E-state index is 0.225. The molecule has 0 N–H and O–H groups in total. The van der Waals surface area contributed by atoms with Gasteiger partial charge in [0.25, 0.3) is 0 Å². The van der Waals surface area contributed by atoms with Gasteiger partial charge >= 0.3 is 0 Å². The van der Waals surface area contributed by atoms with Gasteiger partial charge in [-0.1, -0.05) is 25.7 Å². The summed E-state index contributed by atoms with van der Waals surface area (Å²) in [6, 6.07) is 0.785. The van der Waals surface area contributed by atoms with Crippen LogP contribution in [0.5, 0.6) is 0 Å². The van der Waals surface area contributed by atoms with Gasteiger partial charge in [0, 0.05) is 51.4 Å². The van der Waals surface area contributed by atoms with Crippen molar-refractivity contribution >= 4 is 5.91 Å². The molecule has 0 aromatic carbocycles. The van der Waals surface area contributed by atoms with Crippen LogP contribution >= 0.6 is 0 Å². The molecule has 3 fully saturated rings. The summed E-state index contributed by atoms with van der Waals surface area (Å²) in [5.74, 6) is 0.613. The summed E-state index contributed by atoms with van der Waals surface area (Å²) in [5.41, 5.74) is 0. The SMILES string of the molecule is O=C(C1CCOCC1)N1CCN(C2CCCCCC2)CC1. The van der Waals surface area contributed by atoms with Crippen molar-refractivity contribution in [3.8, 4) is 0 Å². The molecule has 1 amide bonds. The summed E-state index contributed by atoms with van der Waals surface area (Å²) < 4.78 is 5.37. The predicted octanol–water partition coefficient (Wildman–Crippen LogP) is 2.28. The standard InChI is InChI=1S/C17H30N2O2/c20-17(15-7-13-21-14-8-15)19-11-9-18(10-12-19)16-5-3-1-2-4-6-16/h15-16H,1-14H2. The van der Waals surface area contributed by atoms with Crippen molar-refractivity contribution in [1.29, 1.82) is 0 Å². The number of hydrogen-bond donors (Lipinski definition) is 0. The molecule has 0 aromatic rings. The maximum absolute atomic E-state index is 12.5. The Morgan fingerprint density at radius 1 is 0.810 bits per heavy atom.